The predicted octanol–water partition coefficient (Wildman–Crippen LogP) is 3.88. The Kier molecular flexibility index (Phi) is 6.18. The lowest BCUT2D eigenvalue weighted by molar-refractivity contribution is -0.122. The monoisotopic (exact) mass is 420 g/mol. The molecule has 0 aliphatic carbocycles. The van der Waals surface area contributed by atoms with E-state index in [-0.39, 0.29) is 24.2 Å². The predicted molar refractivity (Wildman–Crippen MR) is 119 cm³/mol. The average molecular weight is 421 g/mol. The molecule has 1 saturated heterocycles. The van der Waals surface area contributed by atoms with Gasteiger partial charge >= 0.3 is 0 Å². The fraction of sp³-hybridized carbons (Fsp3) is 0.304. The van der Waals surface area contributed by atoms with Crippen LogP contribution in [0.2, 0.25) is 0 Å². The van der Waals surface area contributed by atoms with Crippen LogP contribution in [0.5, 0.6) is 0 Å². The summed E-state index contributed by atoms with van der Waals surface area (Å²) in [7, 11) is 0. The minimum atomic E-state index is -0.390. The van der Waals surface area contributed by atoms with Gasteiger partial charge in [0.2, 0.25) is 16.9 Å². The molecule has 7 heteroatoms. The van der Waals surface area contributed by atoms with Crippen LogP contribution in [-0.4, -0.2) is 28.6 Å². The van der Waals surface area contributed by atoms with Gasteiger partial charge in [-0.05, 0) is 30.0 Å². The molecule has 0 saturated carbocycles. The molecule has 30 heavy (non-hydrogen) atoms. The van der Waals surface area contributed by atoms with E-state index in [1.165, 1.54) is 16.9 Å². The molecule has 0 bridgehead atoms. The molecule has 1 atom stereocenters. The van der Waals surface area contributed by atoms with Crippen molar-refractivity contribution in [3.63, 3.8) is 0 Å². The smallest absolute Gasteiger partial charge is 0.231 e. The van der Waals surface area contributed by atoms with Crippen molar-refractivity contribution in [2.45, 2.75) is 32.6 Å². The van der Waals surface area contributed by atoms with E-state index in [0.29, 0.717) is 11.7 Å². The highest BCUT2D eigenvalue weighted by Gasteiger charge is 2.36. The molecule has 4 rings (SSSR count). The first-order valence-corrected chi connectivity index (χ1v) is 11.0. The van der Waals surface area contributed by atoms with E-state index in [4.69, 9.17) is 0 Å². The number of aromatic nitrogens is 2. The molecule has 1 aliphatic rings. The Bertz CT molecular complexity index is 1030. The zero-order chi connectivity index (χ0) is 20.9. The first-order valence-electron chi connectivity index (χ1n) is 10.2. The van der Waals surface area contributed by atoms with Crippen LogP contribution in [-0.2, 0) is 28.9 Å². The van der Waals surface area contributed by atoms with Gasteiger partial charge in [-0.15, -0.1) is 10.2 Å². The molecular formula is C23H24N4O2S. The second kappa shape index (κ2) is 9.17. The number of carbonyl (C=O) groups excluding carboxylic acids is 2. The number of rotatable bonds is 7. The number of carbonyl (C=O) groups is 2. The summed E-state index contributed by atoms with van der Waals surface area (Å²) in [6, 6.07) is 18.1. The van der Waals surface area contributed by atoms with Gasteiger partial charge in [-0.2, -0.15) is 0 Å². The number of nitrogens with zero attached hydrogens (tertiary/aromatic N) is 3. The van der Waals surface area contributed by atoms with Crippen LogP contribution in [0.3, 0.4) is 0 Å². The summed E-state index contributed by atoms with van der Waals surface area (Å²) >= 11 is 1.39. The van der Waals surface area contributed by atoms with Crippen LogP contribution < -0.4 is 10.2 Å². The topological polar surface area (TPSA) is 75.2 Å². The number of amides is 2. The number of aryl methyl sites for hydroxylation is 3. The Morgan fingerprint density at radius 2 is 1.87 bits per heavy atom. The minimum Gasteiger partial charge on any atom is -0.311 e. The Hall–Kier alpha value is -3.06. The van der Waals surface area contributed by atoms with Crippen molar-refractivity contribution in [3.05, 3.63) is 70.7 Å². The summed E-state index contributed by atoms with van der Waals surface area (Å²) in [6.07, 6.45) is 2.71. The Balaban J connectivity index is 1.35. The Morgan fingerprint density at radius 1 is 1.10 bits per heavy atom. The van der Waals surface area contributed by atoms with Crippen LogP contribution in [0.4, 0.5) is 10.8 Å². The Morgan fingerprint density at radius 3 is 2.67 bits per heavy atom. The average Bonchev–Trinajstić information content (AvgIpc) is 3.39. The fourth-order valence-corrected chi connectivity index (χ4v) is 4.44. The van der Waals surface area contributed by atoms with E-state index in [1.54, 1.807) is 4.90 Å². The number of hydrogen-bond donors (Lipinski definition) is 1. The lowest BCUT2D eigenvalue weighted by atomic mass is 10.1. The summed E-state index contributed by atoms with van der Waals surface area (Å²) < 4.78 is 0. The van der Waals surface area contributed by atoms with Crippen molar-refractivity contribution < 1.29 is 9.59 Å². The molecule has 2 aromatic carbocycles. The number of nitrogens with one attached hydrogen (secondary N) is 1. The van der Waals surface area contributed by atoms with Crippen LogP contribution in [0, 0.1) is 5.92 Å². The van der Waals surface area contributed by atoms with Crippen molar-refractivity contribution in [3.8, 4) is 0 Å². The molecule has 1 aromatic heterocycles. The number of anilines is 2. The molecule has 1 unspecified atom stereocenters. The van der Waals surface area contributed by atoms with Gasteiger partial charge in [0, 0.05) is 25.1 Å². The molecule has 3 aromatic rings. The molecule has 1 aliphatic heterocycles. The lowest BCUT2D eigenvalue weighted by Crippen LogP contribution is -2.28. The van der Waals surface area contributed by atoms with Gasteiger partial charge in [0.1, 0.15) is 5.01 Å². The van der Waals surface area contributed by atoms with E-state index in [1.807, 2.05) is 42.5 Å². The van der Waals surface area contributed by atoms with Gasteiger partial charge in [-0.1, -0.05) is 66.8 Å². The molecule has 6 nitrogen and oxygen atoms in total. The summed E-state index contributed by atoms with van der Waals surface area (Å²) in [4.78, 5) is 27.0. The highest BCUT2D eigenvalue weighted by molar-refractivity contribution is 7.15. The van der Waals surface area contributed by atoms with Gasteiger partial charge in [0.15, 0.2) is 0 Å². The third-order valence-electron chi connectivity index (χ3n) is 5.33. The van der Waals surface area contributed by atoms with Gasteiger partial charge in [-0.3, -0.25) is 9.59 Å². The largest absolute Gasteiger partial charge is 0.311 e. The lowest BCUT2D eigenvalue weighted by Gasteiger charge is -2.19. The molecule has 2 heterocycles. The number of para-hydroxylation sites is 1. The van der Waals surface area contributed by atoms with Crippen molar-refractivity contribution in [1.82, 2.24) is 10.2 Å². The molecular weight excluding hydrogens is 396 g/mol. The van der Waals surface area contributed by atoms with Crippen molar-refractivity contribution in [2.24, 2.45) is 5.92 Å². The second-order valence-electron chi connectivity index (χ2n) is 7.36. The highest BCUT2D eigenvalue weighted by Crippen LogP contribution is 2.29. The summed E-state index contributed by atoms with van der Waals surface area (Å²) in [5.74, 6) is -0.582. The zero-order valence-electron chi connectivity index (χ0n) is 16.9. The standard InChI is InChI=1S/C23H24N4O2S/c1-2-17-10-6-7-11-19(17)27-15-18(14-21(27)28)22(29)24-23-26-25-20(30-23)13-12-16-8-4-3-5-9-16/h3-11,18H,2,12-15H2,1H3,(H,24,26,29). The van der Waals surface area contributed by atoms with Crippen LogP contribution in [0.25, 0.3) is 0 Å². The molecule has 1 fully saturated rings. The quantitative estimate of drug-likeness (QED) is 0.629. The van der Waals surface area contributed by atoms with Crippen LogP contribution in [0.15, 0.2) is 54.6 Å². The molecule has 2 amide bonds. The van der Waals surface area contributed by atoms with E-state index < -0.39 is 0 Å². The van der Waals surface area contributed by atoms with Crippen LogP contribution in [0.1, 0.15) is 29.5 Å². The van der Waals surface area contributed by atoms with Crippen LogP contribution >= 0.6 is 11.3 Å². The molecule has 154 valence electrons. The van der Waals surface area contributed by atoms with Crippen molar-refractivity contribution >= 4 is 34.0 Å². The summed E-state index contributed by atoms with van der Waals surface area (Å²) in [5.41, 5.74) is 3.26. The zero-order valence-corrected chi connectivity index (χ0v) is 17.7. The second-order valence-corrected chi connectivity index (χ2v) is 8.43. The number of hydrogen-bond acceptors (Lipinski definition) is 5. The van der Waals surface area contributed by atoms with Gasteiger partial charge < -0.3 is 10.2 Å². The van der Waals surface area contributed by atoms with Gasteiger partial charge in [0.25, 0.3) is 0 Å². The van der Waals surface area contributed by atoms with Gasteiger partial charge in [0.05, 0.1) is 5.92 Å². The molecule has 0 spiro atoms. The van der Waals surface area contributed by atoms with Crippen molar-refractivity contribution in [2.75, 3.05) is 16.8 Å². The normalized spacial score (nSPS) is 16.1. The Labute approximate surface area is 180 Å². The van der Waals surface area contributed by atoms with E-state index >= 15 is 0 Å². The minimum absolute atomic E-state index is 0.0168. The van der Waals surface area contributed by atoms with E-state index in [0.717, 1.165) is 35.5 Å². The first-order chi connectivity index (χ1) is 14.6. The maximum Gasteiger partial charge on any atom is 0.231 e. The highest BCUT2D eigenvalue weighted by atomic mass is 32.1. The van der Waals surface area contributed by atoms with E-state index in [2.05, 4.69) is 34.6 Å². The van der Waals surface area contributed by atoms with E-state index in [9.17, 15) is 9.59 Å². The third kappa shape index (κ3) is 4.57. The first kappa shape index (κ1) is 20.2. The maximum atomic E-state index is 12.7. The SMILES string of the molecule is CCc1ccccc1N1CC(C(=O)Nc2nnc(CCc3ccccc3)s2)CC1=O. The number of benzene rings is 2. The van der Waals surface area contributed by atoms with Crippen molar-refractivity contribution in [1.29, 1.82) is 0 Å². The summed E-state index contributed by atoms with van der Waals surface area (Å²) in [5, 5.41) is 12.5. The molecule has 1 N–H and O–H groups in total. The van der Waals surface area contributed by atoms with Gasteiger partial charge in [-0.25, -0.2) is 0 Å². The third-order valence-corrected chi connectivity index (χ3v) is 6.22. The maximum absolute atomic E-state index is 12.7. The fourth-order valence-electron chi connectivity index (χ4n) is 3.70. The summed E-state index contributed by atoms with van der Waals surface area (Å²) in [6.45, 7) is 2.45. The molecule has 0 radical (unpaired) electrons.